The number of nitriles is 1. The van der Waals surface area contributed by atoms with Crippen molar-refractivity contribution in [2.45, 2.75) is 0 Å². The number of carbonyl (C=O) groups is 1. The molecule has 0 fully saturated rings. The Hall–Kier alpha value is -7.88. The number of hydrogen-bond donors (Lipinski definition) is 1. The monoisotopic (exact) mass is 725 g/mol. The van der Waals surface area contributed by atoms with Crippen molar-refractivity contribution in [3.8, 4) is 22.9 Å². The SMILES string of the molecule is N#C/C(C(=O)O)=C1C=C(/C=C/c2ccc(N(c3ccccc3)c3ccc(-c4ccc(N(c5ccccc5)c5ccccc5)cc4)cc3)cc2)Oc2ccccc2\1. The zero-order valence-corrected chi connectivity index (χ0v) is 30.2. The third-order valence-corrected chi connectivity index (χ3v) is 9.51. The summed E-state index contributed by atoms with van der Waals surface area (Å²) in [6, 6.07) is 65.4. The number of ether oxygens (including phenoxy) is 1. The Balaban J connectivity index is 1.04. The van der Waals surface area contributed by atoms with Crippen LogP contribution in [0.3, 0.4) is 0 Å². The molecule has 0 unspecified atom stereocenters. The van der Waals surface area contributed by atoms with E-state index < -0.39 is 5.97 Å². The zero-order chi connectivity index (χ0) is 38.3. The number of benzene rings is 7. The largest absolute Gasteiger partial charge is 0.477 e. The van der Waals surface area contributed by atoms with Gasteiger partial charge in [0.05, 0.1) is 0 Å². The van der Waals surface area contributed by atoms with E-state index in [1.165, 1.54) is 0 Å². The molecule has 268 valence electrons. The van der Waals surface area contributed by atoms with Gasteiger partial charge in [-0.3, -0.25) is 0 Å². The number of carboxylic acids is 1. The molecule has 0 atom stereocenters. The first-order valence-corrected chi connectivity index (χ1v) is 18.2. The lowest BCUT2D eigenvalue weighted by Gasteiger charge is -2.26. The Bertz CT molecular complexity index is 2570. The molecule has 7 aromatic rings. The van der Waals surface area contributed by atoms with Crippen molar-refractivity contribution in [1.82, 2.24) is 0 Å². The maximum Gasteiger partial charge on any atom is 0.347 e. The summed E-state index contributed by atoms with van der Waals surface area (Å²) in [5, 5.41) is 19.2. The smallest absolute Gasteiger partial charge is 0.347 e. The van der Waals surface area contributed by atoms with Crippen LogP contribution in [0.5, 0.6) is 5.75 Å². The van der Waals surface area contributed by atoms with Crippen LogP contribution in [0.25, 0.3) is 22.8 Å². The van der Waals surface area contributed by atoms with Crippen LogP contribution in [0, 0.1) is 11.3 Å². The lowest BCUT2D eigenvalue weighted by Crippen LogP contribution is -2.10. The van der Waals surface area contributed by atoms with Gasteiger partial charge in [-0.1, -0.05) is 115 Å². The summed E-state index contributed by atoms with van der Waals surface area (Å²) in [6.07, 6.45) is 5.28. The maximum atomic E-state index is 11.8. The second kappa shape index (κ2) is 16.0. The van der Waals surface area contributed by atoms with Crippen molar-refractivity contribution in [2.75, 3.05) is 9.80 Å². The first-order valence-electron chi connectivity index (χ1n) is 18.2. The Morgan fingerprint density at radius 1 is 0.518 bits per heavy atom. The summed E-state index contributed by atoms with van der Waals surface area (Å²) in [5.41, 5.74) is 10.0. The highest BCUT2D eigenvalue weighted by molar-refractivity contribution is 6.04. The lowest BCUT2D eigenvalue weighted by atomic mass is 9.96. The van der Waals surface area contributed by atoms with Crippen molar-refractivity contribution in [2.24, 2.45) is 0 Å². The number of nitrogens with zero attached hydrogens (tertiary/aromatic N) is 3. The topological polar surface area (TPSA) is 76.8 Å². The van der Waals surface area contributed by atoms with Crippen LogP contribution in [0.15, 0.2) is 212 Å². The van der Waals surface area contributed by atoms with Crippen LogP contribution in [0.4, 0.5) is 34.1 Å². The number of para-hydroxylation sites is 4. The highest BCUT2D eigenvalue weighted by atomic mass is 16.5. The minimum Gasteiger partial charge on any atom is -0.477 e. The number of allylic oxidation sites excluding steroid dienone is 3. The predicted octanol–water partition coefficient (Wildman–Crippen LogP) is 12.6. The minimum absolute atomic E-state index is 0.316. The molecule has 0 aliphatic carbocycles. The van der Waals surface area contributed by atoms with Gasteiger partial charge in [-0.15, -0.1) is 0 Å². The van der Waals surface area contributed by atoms with E-state index in [1.807, 2.05) is 60.7 Å². The van der Waals surface area contributed by atoms with E-state index >= 15 is 0 Å². The number of fused-ring (bicyclic) bond motifs is 1. The molecule has 0 amide bonds. The Kier molecular flexibility index (Phi) is 10.1. The number of rotatable bonds is 10. The van der Waals surface area contributed by atoms with Gasteiger partial charge in [-0.2, -0.15) is 5.26 Å². The molecule has 8 rings (SSSR count). The van der Waals surface area contributed by atoms with Crippen molar-refractivity contribution < 1.29 is 14.6 Å². The predicted molar refractivity (Wildman–Crippen MR) is 226 cm³/mol. The van der Waals surface area contributed by atoms with Crippen LogP contribution in [-0.2, 0) is 4.79 Å². The molecular formula is C50H35N3O3. The summed E-state index contributed by atoms with van der Waals surface area (Å²) in [4.78, 5) is 16.3. The highest BCUT2D eigenvalue weighted by Gasteiger charge is 2.22. The number of anilines is 6. The van der Waals surface area contributed by atoms with Crippen molar-refractivity contribution in [3.05, 3.63) is 223 Å². The third kappa shape index (κ3) is 7.47. The van der Waals surface area contributed by atoms with Gasteiger partial charge in [0.15, 0.2) is 0 Å². The molecule has 6 heteroatoms. The second-order valence-corrected chi connectivity index (χ2v) is 13.0. The number of hydrogen-bond acceptors (Lipinski definition) is 5. The van der Waals surface area contributed by atoms with E-state index in [2.05, 4.69) is 131 Å². The average Bonchev–Trinajstić information content (AvgIpc) is 3.25. The van der Waals surface area contributed by atoms with Crippen LogP contribution in [0.2, 0.25) is 0 Å². The second-order valence-electron chi connectivity index (χ2n) is 13.0. The van der Waals surface area contributed by atoms with Gasteiger partial charge in [0.1, 0.15) is 23.2 Å². The minimum atomic E-state index is -1.28. The molecule has 1 heterocycles. The zero-order valence-electron chi connectivity index (χ0n) is 30.2. The molecule has 0 aromatic heterocycles. The molecule has 0 saturated heterocycles. The Labute approximate surface area is 326 Å². The molecule has 1 N–H and O–H groups in total. The molecule has 6 nitrogen and oxygen atoms in total. The van der Waals surface area contributed by atoms with Gasteiger partial charge in [0.2, 0.25) is 0 Å². The summed E-state index contributed by atoms with van der Waals surface area (Å²) >= 11 is 0. The number of aliphatic carboxylic acids is 1. The van der Waals surface area contributed by atoms with Gasteiger partial charge in [0, 0.05) is 45.3 Å². The van der Waals surface area contributed by atoms with Gasteiger partial charge >= 0.3 is 5.97 Å². The van der Waals surface area contributed by atoms with Crippen LogP contribution in [-0.4, -0.2) is 11.1 Å². The average molecular weight is 726 g/mol. The van der Waals surface area contributed by atoms with Gasteiger partial charge in [0.25, 0.3) is 0 Å². The number of carboxylic acid groups (broad SMARTS) is 1. The van der Waals surface area contributed by atoms with Gasteiger partial charge < -0.3 is 19.6 Å². The van der Waals surface area contributed by atoms with Crippen LogP contribution in [0.1, 0.15) is 11.1 Å². The molecule has 0 bridgehead atoms. The van der Waals surface area contributed by atoms with E-state index in [4.69, 9.17) is 4.74 Å². The van der Waals surface area contributed by atoms with E-state index in [9.17, 15) is 15.2 Å². The first kappa shape index (κ1) is 35.2. The summed E-state index contributed by atoms with van der Waals surface area (Å²) in [6.45, 7) is 0. The molecule has 1 aliphatic heterocycles. The fourth-order valence-electron chi connectivity index (χ4n) is 6.81. The Morgan fingerprint density at radius 3 is 1.38 bits per heavy atom. The third-order valence-electron chi connectivity index (χ3n) is 9.51. The molecule has 56 heavy (non-hydrogen) atoms. The lowest BCUT2D eigenvalue weighted by molar-refractivity contribution is -0.132. The van der Waals surface area contributed by atoms with Crippen LogP contribution >= 0.6 is 0 Å². The standard InChI is InChI=1S/C50H35N3O3/c51-35-48(50(54)55)47-34-45(56-49-19-11-10-18-46(47)49)33-22-36-20-27-42(28-21-36)53(41-16-8-3-9-17-41)44-31-25-38(26-32-44)37-23-29-43(30-24-37)52(39-12-4-1-5-13-39)40-14-6-2-7-15-40/h1-34H,(H,54,55)/b33-22+,48-47-. The molecular weight excluding hydrogens is 691 g/mol. The Morgan fingerprint density at radius 2 is 0.929 bits per heavy atom. The molecule has 0 radical (unpaired) electrons. The summed E-state index contributed by atoms with van der Waals surface area (Å²) in [7, 11) is 0. The van der Waals surface area contributed by atoms with Gasteiger partial charge in [-0.05, 0) is 108 Å². The summed E-state index contributed by atoms with van der Waals surface area (Å²) in [5.74, 6) is -0.355. The van der Waals surface area contributed by atoms with E-state index in [-0.39, 0.29) is 5.57 Å². The normalized spacial score (nSPS) is 12.8. The van der Waals surface area contributed by atoms with E-state index in [0.717, 1.165) is 50.8 Å². The van der Waals surface area contributed by atoms with Gasteiger partial charge in [-0.25, -0.2) is 4.79 Å². The van der Waals surface area contributed by atoms with E-state index in [1.54, 1.807) is 30.4 Å². The molecule has 0 saturated carbocycles. The maximum absolute atomic E-state index is 11.8. The quantitative estimate of drug-likeness (QED) is 0.112. The van der Waals surface area contributed by atoms with Crippen molar-refractivity contribution >= 4 is 51.7 Å². The first-order chi connectivity index (χ1) is 27.6. The molecule has 1 aliphatic rings. The molecule has 0 spiro atoms. The highest BCUT2D eigenvalue weighted by Crippen LogP contribution is 2.39. The fraction of sp³-hybridized carbons (Fsp3) is 0. The fourth-order valence-corrected chi connectivity index (χ4v) is 6.81. The van der Waals surface area contributed by atoms with E-state index in [0.29, 0.717) is 22.6 Å². The molecule has 7 aromatic carbocycles. The van der Waals surface area contributed by atoms with Crippen LogP contribution < -0.4 is 14.5 Å². The van der Waals surface area contributed by atoms with Crippen molar-refractivity contribution in [1.29, 1.82) is 5.26 Å². The summed E-state index contributed by atoms with van der Waals surface area (Å²) < 4.78 is 6.06. The van der Waals surface area contributed by atoms with Crippen molar-refractivity contribution in [3.63, 3.8) is 0 Å².